The molecule has 0 amide bonds. The van der Waals surface area contributed by atoms with Crippen molar-refractivity contribution in [2.24, 2.45) is 0 Å². The van der Waals surface area contributed by atoms with Crippen LogP contribution in [-0.4, -0.2) is 9.97 Å². The summed E-state index contributed by atoms with van der Waals surface area (Å²) in [7, 11) is 0. The summed E-state index contributed by atoms with van der Waals surface area (Å²) in [4.78, 5) is 8.08. The Morgan fingerprint density at radius 1 is 0.889 bits per heavy atom. The first-order valence-corrected chi connectivity index (χ1v) is 6.26. The van der Waals surface area contributed by atoms with Gasteiger partial charge < -0.3 is 4.74 Å². The van der Waals surface area contributed by atoms with Crippen LogP contribution in [0.5, 0.6) is 11.8 Å². The smallest absolute Gasteiger partial charge is 0.321 e. The summed E-state index contributed by atoms with van der Waals surface area (Å²) in [6.45, 7) is 0. The van der Waals surface area contributed by atoms with Crippen LogP contribution < -0.4 is 4.74 Å². The van der Waals surface area contributed by atoms with E-state index in [1.54, 1.807) is 18.5 Å². The quantitative estimate of drug-likeness (QED) is 0.712. The van der Waals surface area contributed by atoms with Crippen molar-refractivity contribution in [3.8, 4) is 11.8 Å². The zero-order chi connectivity index (χ0) is 12.4. The summed E-state index contributed by atoms with van der Waals surface area (Å²) >= 11 is 3.56. The van der Waals surface area contributed by atoms with Gasteiger partial charge in [0, 0.05) is 12.4 Å². The molecule has 0 radical (unpaired) electrons. The Kier molecular flexibility index (Phi) is 2.94. The first kappa shape index (κ1) is 11.2. The van der Waals surface area contributed by atoms with Gasteiger partial charge in [0.05, 0.1) is 4.47 Å². The van der Waals surface area contributed by atoms with E-state index in [1.807, 2.05) is 30.3 Å². The van der Waals surface area contributed by atoms with Crippen LogP contribution in [0.4, 0.5) is 0 Å². The highest BCUT2D eigenvalue weighted by molar-refractivity contribution is 9.10. The zero-order valence-electron chi connectivity index (χ0n) is 9.38. The van der Waals surface area contributed by atoms with E-state index in [2.05, 4.69) is 32.0 Å². The van der Waals surface area contributed by atoms with Crippen LogP contribution in [0, 0.1) is 0 Å². The average Bonchev–Trinajstić information content (AvgIpc) is 2.43. The monoisotopic (exact) mass is 300 g/mol. The van der Waals surface area contributed by atoms with Crippen molar-refractivity contribution in [2.75, 3.05) is 0 Å². The SMILES string of the molecule is Brc1c(Oc2ncccn2)ccc2ccccc12. The van der Waals surface area contributed by atoms with Gasteiger partial charge in [0.1, 0.15) is 5.75 Å². The number of nitrogens with zero attached hydrogens (tertiary/aromatic N) is 2. The number of hydrogen-bond donors (Lipinski definition) is 0. The minimum absolute atomic E-state index is 0.341. The van der Waals surface area contributed by atoms with Crippen molar-refractivity contribution in [1.82, 2.24) is 9.97 Å². The van der Waals surface area contributed by atoms with Crippen LogP contribution in [0.25, 0.3) is 10.8 Å². The van der Waals surface area contributed by atoms with Gasteiger partial charge in [-0.3, -0.25) is 0 Å². The summed E-state index contributed by atoms with van der Waals surface area (Å²) in [5.74, 6) is 0.708. The van der Waals surface area contributed by atoms with Crippen molar-refractivity contribution in [2.45, 2.75) is 0 Å². The Morgan fingerprint density at radius 2 is 1.67 bits per heavy atom. The largest absolute Gasteiger partial charge is 0.423 e. The molecule has 3 aromatic rings. The number of ether oxygens (including phenoxy) is 1. The molecule has 3 nitrogen and oxygen atoms in total. The van der Waals surface area contributed by atoms with Gasteiger partial charge in [-0.15, -0.1) is 0 Å². The maximum Gasteiger partial charge on any atom is 0.321 e. The molecular weight excluding hydrogens is 292 g/mol. The molecule has 0 spiro atoms. The van der Waals surface area contributed by atoms with Crippen LogP contribution in [-0.2, 0) is 0 Å². The van der Waals surface area contributed by atoms with E-state index in [0.29, 0.717) is 11.8 Å². The third-order valence-electron chi connectivity index (χ3n) is 2.57. The Bertz CT molecular complexity index is 686. The maximum atomic E-state index is 5.65. The fourth-order valence-corrected chi connectivity index (χ4v) is 2.30. The van der Waals surface area contributed by atoms with E-state index in [9.17, 15) is 0 Å². The molecule has 0 bridgehead atoms. The van der Waals surface area contributed by atoms with Crippen molar-refractivity contribution in [1.29, 1.82) is 0 Å². The Morgan fingerprint density at radius 3 is 2.50 bits per heavy atom. The van der Waals surface area contributed by atoms with Crippen molar-refractivity contribution < 1.29 is 4.74 Å². The van der Waals surface area contributed by atoms with Crippen LogP contribution in [0.2, 0.25) is 0 Å². The van der Waals surface area contributed by atoms with Gasteiger partial charge in [-0.2, -0.15) is 0 Å². The van der Waals surface area contributed by atoms with Gasteiger partial charge >= 0.3 is 6.01 Å². The summed E-state index contributed by atoms with van der Waals surface area (Å²) in [6, 6.07) is 14.1. The highest BCUT2D eigenvalue weighted by atomic mass is 79.9. The number of hydrogen-bond acceptors (Lipinski definition) is 3. The molecule has 0 saturated carbocycles. The Balaban J connectivity index is 2.05. The fraction of sp³-hybridized carbons (Fsp3) is 0. The molecule has 1 heterocycles. The number of rotatable bonds is 2. The second kappa shape index (κ2) is 4.74. The number of aromatic nitrogens is 2. The lowest BCUT2D eigenvalue weighted by Gasteiger charge is -2.08. The first-order chi connectivity index (χ1) is 8.84. The predicted octanol–water partition coefficient (Wildman–Crippen LogP) is 4.18. The average molecular weight is 301 g/mol. The number of fused-ring (bicyclic) bond motifs is 1. The molecule has 0 aliphatic carbocycles. The molecule has 0 unspecified atom stereocenters. The van der Waals surface area contributed by atoms with Crippen LogP contribution in [0.15, 0.2) is 59.3 Å². The van der Waals surface area contributed by atoms with Gasteiger partial charge in [0.15, 0.2) is 0 Å². The zero-order valence-corrected chi connectivity index (χ0v) is 11.0. The van der Waals surface area contributed by atoms with E-state index >= 15 is 0 Å². The molecule has 2 aromatic carbocycles. The minimum atomic E-state index is 0.341. The number of benzene rings is 2. The molecule has 0 N–H and O–H groups in total. The molecule has 18 heavy (non-hydrogen) atoms. The van der Waals surface area contributed by atoms with E-state index in [4.69, 9.17) is 4.74 Å². The summed E-state index contributed by atoms with van der Waals surface area (Å²) in [6.07, 6.45) is 3.30. The first-order valence-electron chi connectivity index (χ1n) is 5.47. The standard InChI is InChI=1S/C14H9BrN2O/c15-13-11-5-2-1-4-10(11)6-7-12(13)18-14-16-8-3-9-17-14/h1-9H. The summed E-state index contributed by atoms with van der Waals surface area (Å²) in [5.41, 5.74) is 0. The third-order valence-corrected chi connectivity index (χ3v) is 3.39. The molecule has 0 saturated heterocycles. The van der Waals surface area contributed by atoms with E-state index < -0.39 is 0 Å². The van der Waals surface area contributed by atoms with Gasteiger partial charge in [-0.1, -0.05) is 30.3 Å². The second-order valence-electron chi connectivity index (χ2n) is 3.73. The summed E-state index contributed by atoms with van der Waals surface area (Å²) in [5, 5.41) is 2.26. The minimum Gasteiger partial charge on any atom is -0.423 e. The van der Waals surface area contributed by atoms with E-state index in [1.165, 1.54) is 0 Å². The lowest BCUT2D eigenvalue weighted by atomic mass is 10.1. The van der Waals surface area contributed by atoms with Crippen molar-refractivity contribution in [3.05, 3.63) is 59.3 Å². The topological polar surface area (TPSA) is 35.0 Å². The van der Waals surface area contributed by atoms with Crippen molar-refractivity contribution >= 4 is 26.7 Å². The molecule has 0 aliphatic heterocycles. The van der Waals surface area contributed by atoms with Crippen LogP contribution >= 0.6 is 15.9 Å². The van der Waals surface area contributed by atoms with Gasteiger partial charge in [-0.25, -0.2) is 9.97 Å². The molecule has 0 aliphatic rings. The van der Waals surface area contributed by atoms with Gasteiger partial charge in [-0.05, 0) is 38.8 Å². The highest BCUT2D eigenvalue weighted by Gasteiger charge is 2.07. The molecule has 3 rings (SSSR count). The molecule has 0 atom stereocenters. The van der Waals surface area contributed by atoms with Gasteiger partial charge in [0.2, 0.25) is 0 Å². The van der Waals surface area contributed by atoms with Crippen LogP contribution in [0.3, 0.4) is 0 Å². The molecule has 88 valence electrons. The normalized spacial score (nSPS) is 10.5. The predicted molar refractivity (Wildman–Crippen MR) is 73.8 cm³/mol. The van der Waals surface area contributed by atoms with Crippen LogP contribution in [0.1, 0.15) is 0 Å². The maximum absolute atomic E-state index is 5.65. The molecule has 4 heteroatoms. The lowest BCUT2D eigenvalue weighted by molar-refractivity contribution is 0.440. The Hall–Kier alpha value is -1.94. The lowest BCUT2D eigenvalue weighted by Crippen LogP contribution is -1.91. The Labute approximate surface area is 113 Å². The molecule has 0 fully saturated rings. The van der Waals surface area contributed by atoms with Gasteiger partial charge in [0.25, 0.3) is 0 Å². The number of halogens is 1. The summed E-state index contributed by atoms with van der Waals surface area (Å²) < 4.78 is 6.56. The highest BCUT2D eigenvalue weighted by Crippen LogP contribution is 2.34. The third kappa shape index (κ3) is 2.07. The van der Waals surface area contributed by atoms with E-state index in [-0.39, 0.29) is 0 Å². The van der Waals surface area contributed by atoms with Crippen molar-refractivity contribution in [3.63, 3.8) is 0 Å². The second-order valence-corrected chi connectivity index (χ2v) is 4.53. The fourth-order valence-electron chi connectivity index (χ4n) is 1.73. The molecule has 1 aromatic heterocycles. The van der Waals surface area contributed by atoms with E-state index in [0.717, 1.165) is 15.2 Å². The molecular formula is C14H9BrN2O.